The lowest BCUT2D eigenvalue weighted by atomic mass is 10.0. The average molecular weight is 223 g/mol. The Morgan fingerprint density at radius 3 is 3.00 bits per heavy atom. The lowest BCUT2D eigenvalue weighted by Gasteiger charge is -2.23. The number of aromatic nitrogens is 3. The maximum atomic E-state index is 11.9. The summed E-state index contributed by atoms with van der Waals surface area (Å²) in [6, 6.07) is 0. The van der Waals surface area contributed by atoms with Crippen LogP contribution in [0.15, 0.2) is 0 Å². The summed E-state index contributed by atoms with van der Waals surface area (Å²) in [5, 5.41) is 12.8. The van der Waals surface area contributed by atoms with Crippen LogP contribution in [0.5, 0.6) is 0 Å². The summed E-state index contributed by atoms with van der Waals surface area (Å²) in [4.78, 5) is 16.0. The van der Waals surface area contributed by atoms with E-state index in [2.05, 4.69) is 25.8 Å². The van der Waals surface area contributed by atoms with Crippen LogP contribution in [-0.4, -0.2) is 39.7 Å². The van der Waals surface area contributed by atoms with Gasteiger partial charge in [-0.05, 0) is 19.9 Å². The Morgan fingerprint density at radius 2 is 2.44 bits per heavy atom. The van der Waals surface area contributed by atoms with Crippen molar-refractivity contribution in [2.75, 3.05) is 13.1 Å². The molecule has 1 saturated heterocycles. The molecule has 1 unspecified atom stereocenters. The molecule has 1 fully saturated rings. The van der Waals surface area contributed by atoms with Gasteiger partial charge >= 0.3 is 0 Å². The molecule has 0 spiro atoms. The number of nitrogens with zero attached hydrogens (tertiary/aromatic N) is 2. The van der Waals surface area contributed by atoms with E-state index in [1.807, 2.05) is 13.8 Å². The maximum Gasteiger partial charge on any atom is 0.291 e. The molecule has 1 amide bonds. The van der Waals surface area contributed by atoms with Crippen molar-refractivity contribution < 1.29 is 4.79 Å². The fourth-order valence-corrected chi connectivity index (χ4v) is 1.81. The number of hydrogen-bond acceptors (Lipinski definition) is 4. The van der Waals surface area contributed by atoms with Crippen LogP contribution in [0.3, 0.4) is 0 Å². The lowest BCUT2D eigenvalue weighted by Crippen LogP contribution is -2.47. The van der Waals surface area contributed by atoms with Gasteiger partial charge in [-0.3, -0.25) is 9.89 Å². The van der Waals surface area contributed by atoms with Gasteiger partial charge in [0.05, 0.1) is 5.54 Å². The monoisotopic (exact) mass is 223 g/mol. The first-order chi connectivity index (χ1) is 7.63. The van der Waals surface area contributed by atoms with Gasteiger partial charge < -0.3 is 10.6 Å². The molecule has 1 aliphatic heterocycles. The second-order valence-electron chi connectivity index (χ2n) is 4.40. The van der Waals surface area contributed by atoms with Crippen LogP contribution in [-0.2, 0) is 6.42 Å². The molecular weight excluding hydrogens is 206 g/mol. The molecular formula is C10H17N5O. The average Bonchev–Trinajstić information content (AvgIpc) is 2.86. The molecule has 2 heterocycles. The second-order valence-corrected chi connectivity index (χ2v) is 4.40. The van der Waals surface area contributed by atoms with Crippen LogP contribution in [0.2, 0.25) is 0 Å². The van der Waals surface area contributed by atoms with Crippen LogP contribution in [0, 0.1) is 0 Å². The summed E-state index contributed by atoms with van der Waals surface area (Å²) in [5.41, 5.74) is -0.176. The van der Waals surface area contributed by atoms with Gasteiger partial charge in [-0.25, -0.2) is 4.98 Å². The molecule has 1 aromatic rings. The molecule has 2 rings (SSSR count). The fourth-order valence-electron chi connectivity index (χ4n) is 1.81. The van der Waals surface area contributed by atoms with Crippen molar-refractivity contribution in [1.29, 1.82) is 0 Å². The van der Waals surface area contributed by atoms with Crippen molar-refractivity contribution in [2.45, 2.75) is 32.2 Å². The van der Waals surface area contributed by atoms with Gasteiger partial charge in [0.25, 0.3) is 5.91 Å². The van der Waals surface area contributed by atoms with E-state index in [0.29, 0.717) is 0 Å². The standard InChI is InChI=1S/C10H17N5O/c1-3-7-12-8(15-14-7)9(16)13-10(2)4-5-11-6-10/h11H,3-6H2,1-2H3,(H,13,16)(H,12,14,15). The van der Waals surface area contributed by atoms with Gasteiger partial charge in [-0.2, -0.15) is 0 Å². The first-order valence-electron chi connectivity index (χ1n) is 5.57. The number of aromatic amines is 1. The number of hydrogen-bond donors (Lipinski definition) is 3. The molecule has 6 nitrogen and oxygen atoms in total. The molecule has 0 aliphatic carbocycles. The predicted molar refractivity (Wildman–Crippen MR) is 59.1 cm³/mol. The normalized spacial score (nSPS) is 24.6. The van der Waals surface area contributed by atoms with Gasteiger partial charge in [0.2, 0.25) is 5.82 Å². The smallest absolute Gasteiger partial charge is 0.291 e. The Balaban J connectivity index is 2.02. The van der Waals surface area contributed by atoms with Crippen LogP contribution >= 0.6 is 0 Å². The molecule has 3 N–H and O–H groups in total. The minimum absolute atomic E-state index is 0.176. The third-order valence-corrected chi connectivity index (χ3v) is 2.85. The van der Waals surface area contributed by atoms with Crippen LogP contribution in [0.1, 0.15) is 36.7 Å². The van der Waals surface area contributed by atoms with Crippen LogP contribution in [0.4, 0.5) is 0 Å². The zero-order valence-electron chi connectivity index (χ0n) is 9.63. The minimum atomic E-state index is -0.206. The fraction of sp³-hybridized carbons (Fsp3) is 0.700. The Kier molecular flexibility index (Phi) is 2.91. The molecule has 0 bridgehead atoms. The minimum Gasteiger partial charge on any atom is -0.343 e. The second kappa shape index (κ2) is 4.21. The van der Waals surface area contributed by atoms with E-state index in [1.54, 1.807) is 0 Å². The Morgan fingerprint density at radius 1 is 1.62 bits per heavy atom. The Bertz CT molecular complexity index is 380. The molecule has 1 aliphatic rings. The first-order valence-corrected chi connectivity index (χ1v) is 5.57. The van der Waals surface area contributed by atoms with Crippen molar-refractivity contribution in [2.24, 2.45) is 0 Å². The predicted octanol–water partition coefficient (Wildman–Crippen LogP) is -0.151. The molecule has 1 atom stereocenters. The molecule has 88 valence electrons. The van der Waals surface area contributed by atoms with E-state index < -0.39 is 0 Å². The lowest BCUT2D eigenvalue weighted by molar-refractivity contribution is 0.0902. The largest absolute Gasteiger partial charge is 0.343 e. The third kappa shape index (κ3) is 2.21. The van der Waals surface area contributed by atoms with E-state index in [4.69, 9.17) is 0 Å². The number of rotatable bonds is 3. The highest BCUT2D eigenvalue weighted by molar-refractivity contribution is 5.90. The Labute approximate surface area is 94.2 Å². The van der Waals surface area contributed by atoms with E-state index in [-0.39, 0.29) is 17.3 Å². The van der Waals surface area contributed by atoms with Crippen LogP contribution in [0.25, 0.3) is 0 Å². The number of carbonyl (C=O) groups excluding carboxylic acids is 1. The third-order valence-electron chi connectivity index (χ3n) is 2.85. The highest BCUT2D eigenvalue weighted by Gasteiger charge is 2.31. The molecule has 16 heavy (non-hydrogen) atoms. The van der Waals surface area contributed by atoms with Gasteiger partial charge in [-0.1, -0.05) is 6.92 Å². The molecule has 0 saturated carbocycles. The molecule has 1 aromatic heterocycles. The quantitative estimate of drug-likeness (QED) is 0.665. The zero-order chi connectivity index (χ0) is 11.6. The van der Waals surface area contributed by atoms with Crippen molar-refractivity contribution >= 4 is 5.91 Å². The molecule has 0 aromatic carbocycles. The van der Waals surface area contributed by atoms with Crippen molar-refractivity contribution in [3.63, 3.8) is 0 Å². The molecule has 6 heteroatoms. The van der Waals surface area contributed by atoms with Gasteiger partial charge in [0.15, 0.2) is 0 Å². The summed E-state index contributed by atoms with van der Waals surface area (Å²) in [7, 11) is 0. The zero-order valence-corrected chi connectivity index (χ0v) is 9.63. The SMILES string of the molecule is CCc1nc(C(=O)NC2(C)CCNC2)n[nH]1. The summed E-state index contributed by atoms with van der Waals surface area (Å²) in [6.45, 7) is 5.72. The van der Waals surface area contributed by atoms with E-state index in [9.17, 15) is 4.79 Å². The number of aryl methyl sites for hydroxylation is 1. The van der Waals surface area contributed by atoms with Crippen molar-refractivity contribution in [3.05, 3.63) is 11.6 Å². The summed E-state index contributed by atoms with van der Waals surface area (Å²) < 4.78 is 0. The summed E-state index contributed by atoms with van der Waals surface area (Å²) >= 11 is 0. The number of amides is 1. The highest BCUT2D eigenvalue weighted by Crippen LogP contribution is 2.13. The van der Waals surface area contributed by atoms with E-state index >= 15 is 0 Å². The number of carbonyl (C=O) groups is 1. The molecule has 0 radical (unpaired) electrons. The summed E-state index contributed by atoms with van der Waals surface area (Å²) in [5.74, 6) is 0.756. The summed E-state index contributed by atoms with van der Waals surface area (Å²) in [6.07, 6.45) is 1.68. The van der Waals surface area contributed by atoms with Crippen LogP contribution < -0.4 is 10.6 Å². The van der Waals surface area contributed by atoms with Gasteiger partial charge in [-0.15, -0.1) is 5.10 Å². The van der Waals surface area contributed by atoms with Gasteiger partial charge in [0, 0.05) is 13.0 Å². The van der Waals surface area contributed by atoms with Crippen molar-refractivity contribution in [1.82, 2.24) is 25.8 Å². The van der Waals surface area contributed by atoms with Gasteiger partial charge in [0.1, 0.15) is 5.82 Å². The first kappa shape index (κ1) is 11.1. The topological polar surface area (TPSA) is 82.7 Å². The number of H-pyrrole nitrogens is 1. The van der Waals surface area contributed by atoms with Crippen molar-refractivity contribution in [3.8, 4) is 0 Å². The Hall–Kier alpha value is -1.43. The number of nitrogens with one attached hydrogen (secondary N) is 3. The van der Waals surface area contributed by atoms with E-state index in [1.165, 1.54) is 0 Å². The van der Waals surface area contributed by atoms with E-state index in [0.717, 1.165) is 31.8 Å². The maximum absolute atomic E-state index is 11.9. The highest BCUT2D eigenvalue weighted by atomic mass is 16.2.